The smallest absolute Gasteiger partial charge is 0.0257 e. The van der Waals surface area contributed by atoms with Crippen LogP contribution in [0.2, 0.25) is 0 Å². The van der Waals surface area contributed by atoms with Crippen LogP contribution in [-0.4, -0.2) is 0 Å². The molecule has 0 unspecified atom stereocenters. The average Bonchev–Trinajstić information content (AvgIpc) is 2.45. The summed E-state index contributed by atoms with van der Waals surface area (Å²) in [6.07, 6.45) is 0. The third-order valence-electron chi connectivity index (χ3n) is 3.73. The van der Waals surface area contributed by atoms with E-state index in [1.54, 1.807) is 0 Å². The molecule has 0 N–H and O–H groups in total. The van der Waals surface area contributed by atoms with Gasteiger partial charge in [-0.05, 0) is 51.4 Å². The zero-order valence-corrected chi connectivity index (χ0v) is 10.7. The van der Waals surface area contributed by atoms with Crippen molar-refractivity contribution < 1.29 is 0 Å². The molecule has 0 aliphatic heterocycles. The highest BCUT2D eigenvalue weighted by molar-refractivity contribution is 6.23. The summed E-state index contributed by atoms with van der Waals surface area (Å²) in [4.78, 5) is 0. The van der Waals surface area contributed by atoms with E-state index in [1.807, 2.05) is 6.92 Å². The van der Waals surface area contributed by atoms with Crippen LogP contribution in [0.15, 0.2) is 54.6 Å². The van der Waals surface area contributed by atoms with E-state index in [2.05, 4.69) is 66.4 Å². The van der Waals surface area contributed by atoms with Gasteiger partial charge in [0, 0.05) is 5.56 Å². The lowest BCUT2D eigenvalue weighted by molar-refractivity contribution is 1.72. The van der Waals surface area contributed by atoms with E-state index in [-0.39, 0.29) is 0 Å². The van der Waals surface area contributed by atoms with E-state index in [4.69, 9.17) is 0 Å². The highest BCUT2D eigenvalue weighted by atomic mass is 14.1. The van der Waals surface area contributed by atoms with Crippen molar-refractivity contribution >= 4 is 32.3 Å². The van der Waals surface area contributed by atoms with Crippen LogP contribution in [0.25, 0.3) is 32.3 Å². The molecule has 0 saturated heterocycles. The van der Waals surface area contributed by atoms with Crippen LogP contribution >= 0.6 is 0 Å². The Balaban J connectivity index is 2.30. The maximum Gasteiger partial charge on any atom is 0.0257 e. The number of hydrogen-bond donors (Lipinski definition) is 0. The monoisotopic (exact) mass is 240 g/mol. The van der Waals surface area contributed by atoms with E-state index in [1.165, 1.54) is 32.3 Å². The maximum absolute atomic E-state index is 3.16. The molecule has 0 spiro atoms. The van der Waals surface area contributed by atoms with Crippen molar-refractivity contribution in [2.24, 2.45) is 0 Å². The molecule has 0 nitrogen and oxygen atoms in total. The fourth-order valence-electron chi connectivity index (χ4n) is 2.97. The summed E-state index contributed by atoms with van der Waals surface area (Å²) < 4.78 is 0. The third kappa shape index (κ3) is 1.42. The summed E-state index contributed by atoms with van der Waals surface area (Å²) in [5.41, 5.74) is 1.09. The van der Waals surface area contributed by atoms with Crippen LogP contribution < -0.4 is 0 Å². The van der Waals surface area contributed by atoms with Crippen molar-refractivity contribution in [3.8, 4) is 11.8 Å². The van der Waals surface area contributed by atoms with Gasteiger partial charge in [0.1, 0.15) is 0 Å². The normalized spacial score (nSPS) is 11.0. The van der Waals surface area contributed by atoms with Gasteiger partial charge >= 0.3 is 0 Å². The highest BCUT2D eigenvalue weighted by Gasteiger charge is 2.07. The summed E-state index contributed by atoms with van der Waals surface area (Å²) in [5.74, 6) is 6.14. The molecule has 0 heteroatoms. The summed E-state index contributed by atoms with van der Waals surface area (Å²) in [5, 5.41) is 7.90. The summed E-state index contributed by atoms with van der Waals surface area (Å²) in [6.45, 7) is 1.88. The van der Waals surface area contributed by atoms with Crippen LogP contribution in [0.1, 0.15) is 12.5 Å². The van der Waals surface area contributed by atoms with E-state index < -0.39 is 0 Å². The van der Waals surface area contributed by atoms with Gasteiger partial charge in [-0.1, -0.05) is 48.4 Å². The Morgan fingerprint density at radius 2 is 1.21 bits per heavy atom. The molecule has 4 rings (SSSR count). The van der Waals surface area contributed by atoms with Crippen LogP contribution in [0.4, 0.5) is 0 Å². The molecule has 4 aromatic carbocycles. The molecule has 0 saturated carbocycles. The van der Waals surface area contributed by atoms with Crippen molar-refractivity contribution in [1.29, 1.82) is 0 Å². The highest BCUT2D eigenvalue weighted by Crippen LogP contribution is 2.34. The van der Waals surface area contributed by atoms with Gasteiger partial charge in [-0.3, -0.25) is 0 Å². The summed E-state index contributed by atoms with van der Waals surface area (Å²) in [7, 11) is 0. The Morgan fingerprint density at radius 1 is 0.684 bits per heavy atom. The van der Waals surface area contributed by atoms with E-state index in [0.717, 1.165) is 5.56 Å². The molecule has 0 atom stereocenters. The predicted molar refractivity (Wildman–Crippen MR) is 82.7 cm³/mol. The Morgan fingerprint density at radius 3 is 1.79 bits per heavy atom. The Kier molecular flexibility index (Phi) is 2.05. The fourth-order valence-corrected chi connectivity index (χ4v) is 2.97. The van der Waals surface area contributed by atoms with Crippen molar-refractivity contribution in [2.75, 3.05) is 0 Å². The molecule has 0 aliphatic carbocycles. The Labute approximate surface area is 112 Å². The SMILES string of the molecule is CC#Cc1cc2ccc3cccc4ccc(c1)c2c34. The minimum Gasteiger partial charge on any atom is -0.101 e. The van der Waals surface area contributed by atoms with Gasteiger partial charge in [0.25, 0.3) is 0 Å². The average molecular weight is 240 g/mol. The maximum atomic E-state index is 3.16. The lowest BCUT2D eigenvalue weighted by Gasteiger charge is -2.10. The molecular weight excluding hydrogens is 228 g/mol. The number of benzene rings is 4. The first-order valence-corrected chi connectivity index (χ1v) is 6.47. The third-order valence-corrected chi connectivity index (χ3v) is 3.73. The van der Waals surface area contributed by atoms with E-state index in [9.17, 15) is 0 Å². The quantitative estimate of drug-likeness (QED) is 0.301. The van der Waals surface area contributed by atoms with Gasteiger partial charge in [-0.2, -0.15) is 0 Å². The van der Waals surface area contributed by atoms with Crippen LogP contribution in [-0.2, 0) is 0 Å². The first-order valence-electron chi connectivity index (χ1n) is 6.47. The zero-order chi connectivity index (χ0) is 12.8. The van der Waals surface area contributed by atoms with E-state index >= 15 is 0 Å². The second-order valence-corrected chi connectivity index (χ2v) is 4.88. The molecule has 0 aromatic heterocycles. The van der Waals surface area contributed by atoms with Crippen LogP contribution in [0.5, 0.6) is 0 Å². The lowest BCUT2D eigenvalue weighted by atomic mass is 9.93. The predicted octanol–water partition coefficient (Wildman–Crippen LogP) is 4.96. The molecule has 0 radical (unpaired) electrons. The largest absolute Gasteiger partial charge is 0.101 e. The molecule has 88 valence electrons. The molecule has 4 aromatic rings. The van der Waals surface area contributed by atoms with Gasteiger partial charge in [0.15, 0.2) is 0 Å². The van der Waals surface area contributed by atoms with Gasteiger partial charge in [0.05, 0.1) is 0 Å². The molecule has 19 heavy (non-hydrogen) atoms. The minimum absolute atomic E-state index is 1.09. The molecule has 0 aliphatic rings. The molecular formula is C19H12. The van der Waals surface area contributed by atoms with Gasteiger partial charge in [0.2, 0.25) is 0 Å². The van der Waals surface area contributed by atoms with Crippen LogP contribution in [0, 0.1) is 11.8 Å². The second kappa shape index (κ2) is 3.73. The second-order valence-electron chi connectivity index (χ2n) is 4.88. The molecule has 0 bridgehead atoms. The Hall–Kier alpha value is -2.52. The fraction of sp³-hybridized carbons (Fsp3) is 0.0526. The topological polar surface area (TPSA) is 0 Å². The summed E-state index contributed by atoms with van der Waals surface area (Å²) in [6, 6.07) is 19.7. The van der Waals surface area contributed by atoms with Crippen molar-refractivity contribution in [3.05, 3.63) is 60.2 Å². The minimum atomic E-state index is 1.09. The lowest BCUT2D eigenvalue weighted by Crippen LogP contribution is -1.85. The first kappa shape index (κ1) is 10.4. The molecule has 0 fully saturated rings. The van der Waals surface area contributed by atoms with Crippen molar-refractivity contribution in [3.63, 3.8) is 0 Å². The van der Waals surface area contributed by atoms with Crippen LogP contribution in [0.3, 0.4) is 0 Å². The van der Waals surface area contributed by atoms with Gasteiger partial charge in [-0.25, -0.2) is 0 Å². The zero-order valence-electron chi connectivity index (χ0n) is 10.7. The van der Waals surface area contributed by atoms with Gasteiger partial charge < -0.3 is 0 Å². The van der Waals surface area contributed by atoms with E-state index in [0.29, 0.717) is 0 Å². The standard InChI is InChI=1S/C19H12/c1-2-4-13-11-16-9-7-14-5-3-6-15-8-10-17(12-13)19(16)18(14)15/h3,5-12H,1H3. The van der Waals surface area contributed by atoms with Gasteiger partial charge in [-0.15, -0.1) is 5.92 Å². The first-order chi connectivity index (χ1) is 9.36. The summed E-state index contributed by atoms with van der Waals surface area (Å²) >= 11 is 0. The number of rotatable bonds is 0. The molecule has 0 heterocycles. The molecule has 0 amide bonds. The number of hydrogen-bond acceptors (Lipinski definition) is 0. The van der Waals surface area contributed by atoms with Crippen molar-refractivity contribution in [2.45, 2.75) is 6.92 Å². The van der Waals surface area contributed by atoms with Crippen molar-refractivity contribution in [1.82, 2.24) is 0 Å². The Bertz CT molecular complexity index is 901.